The Morgan fingerprint density at radius 1 is 1.29 bits per heavy atom. The summed E-state index contributed by atoms with van der Waals surface area (Å²) >= 11 is 0. The van der Waals surface area contributed by atoms with Gasteiger partial charge in [0, 0.05) is 5.92 Å². The minimum Gasteiger partial charge on any atom is -0.484 e. The van der Waals surface area contributed by atoms with E-state index in [1.165, 1.54) is 0 Å². The number of fused-ring (bicyclic) bond motifs is 1. The molecule has 4 unspecified atom stereocenters. The Morgan fingerprint density at radius 2 is 1.96 bits per heavy atom. The largest absolute Gasteiger partial charge is 0.484 e. The van der Waals surface area contributed by atoms with E-state index in [4.69, 9.17) is 4.74 Å². The fraction of sp³-hybridized carbons (Fsp3) is 0.438. The van der Waals surface area contributed by atoms with E-state index in [2.05, 4.69) is 5.32 Å². The molecule has 24 heavy (non-hydrogen) atoms. The molecule has 2 amide bonds. The van der Waals surface area contributed by atoms with Crippen LogP contribution in [0.1, 0.15) is 6.92 Å². The third-order valence-corrected chi connectivity index (χ3v) is 4.55. The number of aliphatic hydroxyl groups excluding tert-OH is 1. The van der Waals surface area contributed by atoms with Crippen LogP contribution in [-0.4, -0.2) is 63.7 Å². The fourth-order valence-electron chi connectivity index (χ4n) is 3.34. The maximum atomic E-state index is 12.2. The zero-order valence-corrected chi connectivity index (χ0v) is 13.0. The number of hydrogen-bond acceptors (Lipinski definition) is 5. The van der Waals surface area contributed by atoms with Crippen molar-refractivity contribution in [1.82, 2.24) is 10.2 Å². The number of carboxylic acids is 1. The quantitative estimate of drug-likeness (QED) is 0.609. The van der Waals surface area contributed by atoms with Crippen molar-refractivity contribution in [2.45, 2.75) is 31.2 Å². The first-order valence-electron chi connectivity index (χ1n) is 7.62. The van der Waals surface area contributed by atoms with Crippen molar-refractivity contribution in [3.63, 3.8) is 0 Å². The molecule has 8 nitrogen and oxygen atoms in total. The van der Waals surface area contributed by atoms with E-state index in [0.29, 0.717) is 5.75 Å². The van der Waals surface area contributed by atoms with Crippen LogP contribution in [0.2, 0.25) is 0 Å². The highest BCUT2D eigenvalue weighted by molar-refractivity contribution is 5.97. The number of rotatable bonds is 5. The molecule has 5 atom stereocenters. The molecule has 8 heteroatoms. The van der Waals surface area contributed by atoms with Gasteiger partial charge in [-0.15, -0.1) is 0 Å². The Kier molecular flexibility index (Phi) is 4.15. The lowest BCUT2D eigenvalue weighted by molar-refractivity contribution is -0.163. The first-order valence-corrected chi connectivity index (χ1v) is 7.62. The summed E-state index contributed by atoms with van der Waals surface area (Å²) in [4.78, 5) is 36.5. The molecule has 1 aromatic rings. The van der Waals surface area contributed by atoms with Gasteiger partial charge in [-0.3, -0.25) is 9.59 Å². The van der Waals surface area contributed by atoms with E-state index in [1.807, 2.05) is 6.07 Å². The summed E-state index contributed by atoms with van der Waals surface area (Å²) in [6, 6.07) is 6.05. The summed E-state index contributed by atoms with van der Waals surface area (Å²) in [6.07, 6.45) is -0.996. The zero-order chi connectivity index (χ0) is 17.4. The highest BCUT2D eigenvalue weighted by atomic mass is 16.5. The minimum absolute atomic E-state index is 0.269. The number of carboxylic acid groups (broad SMARTS) is 1. The number of aliphatic hydroxyl groups is 1. The van der Waals surface area contributed by atoms with Crippen LogP contribution in [0.5, 0.6) is 5.75 Å². The minimum atomic E-state index is -1.16. The molecule has 3 rings (SSSR count). The summed E-state index contributed by atoms with van der Waals surface area (Å²) in [5.41, 5.74) is 0. The standard InChI is InChI=1S/C16H18N2O6/c1-8-12(16(22)23)18-13(14(8)20)11(15(18)21)17-10(19)7-24-9-5-3-2-4-6-9/h2-6,8,11-14,20H,7H2,1H3,(H,17,19)(H,22,23)/t8?,11?,12?,13-,14?/m0/s1. The summed E-state index contributed by atoms with van der Waals surface area (Å²) in [6.45, 7) is 1.31. The van der Waals surface area contributed by atoms with E-state index in [0.717, 1.165) is 4.90 Å². The van der Waals surface area contributed by atoms with Crippen molar-refractivity contribution in [3.8, 4) is 5.75 Å². The average molecular weight is 334 g/mol. The van der Waals surface area contributed by atoms with Crippen molar-refractivity contribution in [2.75, 3.05) is 6.61 Å². The summed E-state index contributed by atoms with van der Waals surface area (Å²) in [5.74, 6) is -2.23. The van der Waals surface area contributed by atoms with Gasteiger partial charge in [-0.05, 0) is 12.1 Å². The number of nitrogens with one attached hydrogen (secondary N) is 1. The normalized spacial score (nSPS) is 31.2. The molecular weight excluding hydrogens is 316 g/mol. The van der Waals surface area contributed by atoms with E-state index in [9.17, 15) is 24.6 Å². The smallest absolute Gasteiger partial charge is 0.326 e. The number of nitrogens with zero attached hydrogens (tertiary/aromatic N) is 1. The molecular formula is C16H18N2O6. The van der Waals surface area contributed by atoms with Crippen LogP contribution in [0.3, 0.4) is 0 Å². The van der Waals surface area contributed by atoms with Gasteiger partial charge in [0.05, 0.1) is 12.1 Å². The van der Waals surface area contributed by atoms with Crippen LogP contribution in [0.25, 0.3) is 0 Å². The number of β-lactam (4-membered cyclic amide) rings is 1. The van der Waals surface area contributed by atoms with Gasteiger partial charge >= 0.3 is 5.97 Å². The summed E-state index contributed by atoms with van der Waals surface area (Å²) < 4.78 is 5.30. The Bertz CT molecular complexity index is 664. The van der Waals surface area contributed by atoms with Gasteiger partial charge in [-0.1, -0.05) is 25.1 Å². The van der Waals surface area contributed by atoms with Crippen molar-refractivity contribution >= 4 is 17.8 Å². The Balaban J connectivity index is 1.60. The molecule has 2 fully saturated rings. The van der Waals surface area contributed by atoms with Crippen LogP contribution >= 0.6 is 0 Å². The van der Waals surface area contributed by atoms with Gasteiger partial charge in [0.2, 0.25) is 5.91 Å². The number of carbonyl (C=O) groups excluding carboxylic acids is 2. The fourth-order valence-corrected chi connectivity index (χ4v) is 3.34. The molecule has 128 valence electrons. The molecule has 1 aromatic carbocycles. The highest BCUT2D eigenvalue weighted by Gasteiger charge is 2.63. The molecule has 0 saturated carbocycles. The van der Waals surface area contributed by atoms with E-state index in [1.54, 1.807) is 31.2 Å². The second-order valence-electron chi connectivity index (χ2n) is 6.02. The van der Waals surface area contributed by atoms with Crippen LogP contribution in [0, 0.1) is 5.92 Å². The Morgan fingerprint density at radius 3 is 2.58 bits per heavy atom. The first-order chi connectivity index (χ1) is 11.4. The molecule has 2 aliphatic heterocycles. The number of aliphatic carboxylic acids is 1. The van der Waals surface area contributed by atoms with Gasteiger partial charge in [-0.2, -0.15) is 0 Å². The number of para-hydroxylation sites is 1. The molecule has 0 radical (unpaired) electrons. The van der Waals surface area contributed by atoms with Gasteiger partial charge in [0.25, 0.3) is 5.91 Å². The maximum absolute atomic E-state index is 12.2. The topological polar surface area (TPSA) is 116 Å². The Labute approximate surface area is 138 Å². The average Bonchev–Trinajstić information content (AvgIpc) is 2.81. The van der Waals surface area contributed by atoms with Crippen LogP contribution in [-0.2, 0) is 14.4 Å². The summed E-state index contributed by atoms with van der Waals surface area (Å²) in [5, 5.41) is 21.9. The number of carbonyl (C=O) groups is 3. The third kappa shape index (κ3) is 2.58. The number of amides is 2. The molecule has 0 bridgehead atoms. The van der Waals surface area contributed by atoms with Crippen molar-refractivity contribution in [2.24, 2.45) is 5.92 Å². The third-order valence-electron chi connectivity index (χ3n) is 4.55. The van der Waals surface area contributed by atoms with Gasteiger partial charge in [0.1, 0.15) is 17.8 Å². The molecule has 0 aromatic heterocycles. The second kappa shape index (κ2) is 6.12. The maximum Gasteiger partial charge on any atom is 0.326 e. The van der Waals surface area contributed by atoms with Crippen molar-refractivity contribution in [1.29, 1.82) is 0 Å². The molecule has 2 saturated heterocycles. The lowest BCUT2D eigenvalue weighted by Gasteiger charge is -2.45. The first kappa shape index (κ1) is 16.3. The van der Waals surface area contributed by atoms with E-state index in [-0.39, 0.29) is 6.61 Å². The van der Waals surface area contributed by atoms with Crippen LogP contribution in [0.4, 0.5) is 0 Å². The van der Waals surface area contributed by atoms with Crippen LogP contribution < -0.4 is 10.1 Å². The molecule has 2 aliphatic rings. The van der Waals surface area contributed by atoms with Gasteiger partial charge < -0.3 is 25.2 Å². The number of benzene rings is 1. The van der Waals surface area contributed by atoms with Crippen LogP contribution in [0.15, 0.2) is 30.3 Å². The lowest BCUT2D eigenvalue weighted by atomic mass is 9.92. The second-order valence-corrected chi connectivity index (χ2v) is 6.02. The summed E-state index contributed by atoms with van der Waals surface area (Å²) in [7, 11) is 0. The van der Waals surface area contributed by atoms with E-state index < -0.39 is 47.9 Å². The number of ether oxygens (including phenoxy) is 1. The van der Waals surface area contributed by atoms with Crippen molar-refractivity contribution in [3.05, 3.63) is 30.3 Å². The van der Waals surface area contributed by atoms with Gasteiger partial charge in [-0.25, -0.2) is 4.79 Å². The monoisotopic (exact) mass is 334 g/mol. The number of hydrogen-bond donors (Lipinski definition) is 3. The zero-order valence-electron chi connectivity index (χ0n) is 13.0. The Hall–Kier alpha value is -2.61. The predicted molar refractivity (Wildman–Crippen MR) is 81.1 cm³/mol. The molecule has 0 aliphatic carbocycles. The highest BCUT2D eigenvalue weighted by Crippen LogP contribution is 2.39. The van der Waals surface area contributed by atoms with E-state index >= 15 is 0 Å². The SMILES string of the molecule is CC1C(O)[C@@H]2C(NC(=O)COc3ccccc3)C(=O)N2C1C(=O)O. The molecule has 2 heterocycles. The van der Waals surface area contributed by atoms with Gasteiger partial charge in [0.15, 0.2) is 6.61 Å². The van der Waals surface area contributed by atoms with Crippen molar-refractivity contribution < 1.29 is 29.3 Å². The predicted octanol–water partition coefficient (Wildman–Crippen LogP) is -0.775. The molecule has 0 spiro atoms. The lowest BCUT2D eigenvalue weighted by Crippen LogP contribution is -2.72. The molecule has 3 N–H and O–H groups in total.